The predicted octanol–water partition coefficient (Wildman–Crippen LogP) is 4.24. The minimum Gasteiger partial charge on any atom is -0.398 e. The van der Waals surface area contributed by atoms with Gasteiger partial charge in [0.2, 0.25) is 0 Å². The van der Waals surface area contributed by atoms with Crippen molar-refractivity contribution >= 4 is 34.8 Å². The quantitative estimate of drug-likeness (QED) is 0.856. The van der Waals surface area contributed by atoms with Crippen LogP contribution in [0.3, 0.4) is 0 Å². The summed E-state index contributed by atoms with van der Waals surface area (Å²) in [5.41, 5.74) is 8.05. The first-order valence-electron chi connectivity index (χ1n) is 6.60. The van der Waals surface area contributed by atoms with Gasteiger partial charge < -0.3 is 10.6 Å². The zero-order valence-electron chi connectivity index (χ0n) is 11.6. The lowest BCUT2D eigenvalue weighted by atomic mass is 10.1. The first-order chi connectivity index (χ1) is 10.0. The Morgan fingerprint density at radius 3 is 2.48 bits per heavy atom. The van der Waals surface area contributed by atoms with Gasteiger partial charge in [-0.15, -0.1) is 0 Å². The molecule has 21 heavy (non-hydrogen) atoms. The molecule has 0 unspecified atom stereocenters. The molecule has 0 saturated heterocycles. The third-order valence-electron chi connectivity index (χ3n) is 3.25. The number of para-hydroxylation sites is 1. The number of nitrogen functional groups attached to an aromatic ring is 1. The number of benzene rings is 2. The average molecular weight is 323 g/mol. The Morgan fingerprint density at radius 2 is 1.86 bits per heavy atom. The lowest BCUT2D eigenvalue weighted by Crippen LogP contribution is -2.30. The molecule has 2 aromatic carbocycles. The molecule has 0 spiro atoms. The van der Waals surface area contributed by atoms with Crippen molar-refractivity contribution in [2.45, 2.75) is 13.5 Å². The summed E-state index contributed by atoms with van der Waals surface area (Å²) in [5.74, 6) is -0.0979. The summed E-state index contributed by atoms with van der Waals surface area (Å²) < 4.78 is 0. The Balaban J connectivity index is 2.22. The van der Waals surface area contributed by atoms with Crippen LogP contribution in [0.25, 0.3) is 0 Å². The van der Waals surface area contributed by atoms with Crippen molar-refractivity contribution in [2.24, 2.45) is 0 Å². The fourth-order valence-corrected chi connectivity index (χ4v) is 2.32. The van der Waals surface area contributed by atoms with Crippen molar-refractivity contribution in [1.82, 2.24) is 4.90 Å². The van der Waals surface area contributed by atoms with Crippen LogP contribution in [0.4, 0.5) is 5.69 Å². The Kier molecular flexibility index (Phi) is 5.10. The van der Waals surface area contributed by atoms with Crippen LogP contribution in [0.15, 0.2) is 42.5 Å². The molecule has 0 saturated carbocycles. The molecule has 2 N–H and O–H groups in total. The van der Waals surface area contributed by atoms with Gasteiger partial charge in [-0.2, -0.15) is 0 Å². The first-order valence-corrected chi connectivity index (χ1v) is 7.36. The standard InChI is InChI=1S/C16H16Cl2N2O/c1-2-20(10-12-5-3-4-6-15(12)19)16(21)11-7-8-13(17)14(18)9-11/h3-9H,2,10,19H2,1H3. The lowest BCUT2D eigenvalue weighted by molar-refractivity contribution is 0.0753. The van der Waals surface area contributed by atoms with Crippen LogP contribution in [-0.2, 0) is 6.54 Å². The van der Waals surface area contributed by atoms with Crippen LogP contribution in [0.1, 0.15) is 22.8 Å². The SMILES string of the molecule is CCN(Cc1ccccc1N)C(=O)c1ccc(Cl)c(Cl)c1. The second-order valence-corrected chi connectivity index (χ2v) is 5.46. The lowest BCUT2D eigenvalue weighted by Gasteiger charge is -2.22. The third kappa shape index (κ3) is 3.69. The summed E-state index contributed by atoms with van der Waals surface area (Å²) in [6.45, 7) is 2.96. The van der Waals surface area contributed by atoms with Gasteiger partial charge in [0.1, 0.15) is 0 Å². The van der Waals surface area contributed by atoms with Gasteiger partial charge in [-0.3, -0.25) is 4.79 Å². The van der Waals surface area contributed by atoms with E-state index in [2.05, 4.69) is 0 Å². The zero-order chi connectivity index (χ0) is 15.4. The van der Waals surface area contributed by atoms with Gasteiger partial charge in [-0.1, -0.05) is 41.4 Å². The molecule has 1 amide bonds. The molecule has 0 aliphatic heterocycles. The van der Waals surface area contributed by atoms with E-state index in [0.29, 0.717) is 34.4 Å². The highest BCUT2D eigenvalue weighted by Gasteiger charge is 2.16. The molecule has 3 nitrogen and oxygen atoms in total. The number of hydrogen-bond acceptors (Lipinski definition) is 2. The van der Waals surface area contributed by atoms with E-state index in [-0.39, 0.29) is 5.91 Å². The molecule has 0 radical (unpaired) electrons. The highest BCUT2D eigenvalue weighted by molar-refractivity contribution is 6.42. The monoisotopic (exact) mass is 322 g/mol. The number of rotatable bonds is 4. The fraction of sp³-hybridized carbons (Fsp3) is 0.188. The second-order valence-electron chi connectivity index (χ2n) is 4.65. The fourth-order valence-electron chi connectivity index (χ4n) is 2.02. The van der Waals surface area contributed by atoms with E-state index in [9.17, 15) is 4.79 Å². The minimum absolute atomic E-state index is 0.0979. The van der Waals surface area contributed by atoms with Crippen molar-refractivity contribution in [2.75, 3.05) is 12.3 Å². The van der Waals surface area contributed by atoms with E-state index in [4.69, 9.17) is 28.9 Å². The maximum Gasteiger partial charge on any atom is 0.254 e. The van der Waals surface area contributed by atoms with Crippen molar-refractivity contribution in [3.8, 4) is 0 Å². The van der Waals surface area contributed by atoms with Crippen LogP contribution < -0.4 is 5.73 Å². The van der Waals surface area contributed by atoms with Gasteiger partial charge in [0.25, 0.3) is 5.91 Å². The highest BCUT2D eigenvalue weighted by atomic mass is 35.5. The van der Waals surface area contributed by atoms with Gasteiger partial charge in [0.15, 0.2) is 0 Å². The van der Waals surface area contributed by atoms with Gasteiger partial charge in [-0.05, 0) is 36.8 Å². The summed E-state index contributed by atoms with van der Waals surface area (Å²) in [6.07, 6.45) is 0. The van der Waals surface area contributed by atoms with Crippen LogP contribution in [-0.4, -0.2) is 17.4 Å². The van der Waals surface area contributed by atoms with E-state index in [1.165, 1.54) is 0 Å². The van der Waals surface area contributed by atoms with E-state index in [1.807, 2.05) is 31.2 Å². The maximum absolute atomic E-state index is 12.5. The maximum atomic E-state index is 12.5. The zero-order valence-corrected chi connectivity index (χ0v) is 13.2. The molecule has 0 atom stereocenters. The average Bonchev–Trinajstić information content (AvgIpc) is 2.48. The molecule has 0 aromatic heterocycles. The Hall–Kier alpha value is -1.71. The number of hydrogen-bond donors (Lipinski definition) is 1. The summed E-state index contributed by atoms with van der Waals surface area (Å²) in [6, 6.07) is 12.4. The number of nitrogens with two attached hydrogens (primary N) is 1. The molecule has 0 fully saturated rings. The third-order valence-corrected chi connectivity index (χ3v) is 3.99. The smallest absolute Gasteiger partial charge is 0.254 e. The first kappa shape index (κ1) is 15.7. The topological polar surface area (TPSA) is 46.3 Å². The van der Waals surface area contributed by atoms with E-state index in [0.717, 1.165) is 5.56 Å². The van der Waals surface area contributed by atoms with Crippen LogP contribution in [0.5, 0.6) is 0 Å². The number of carbonyl (C=O) groups is 1. The van der Waals surface area contributed by atoms with Gasteiger partial charge in [-0.25, -0.2) is 0 Å². The number of carbonyl (C=O) groups excluding carboxylic acids is 1. The number of amides is 1. The molecule has 0 heterocycles. The van der Waals surface area contributed by atoms with Crippen LogP contribution >= 0.6 is 23.2 Å². The molecular formula is C16H16Cl2N2O. The Bertz CT molecular complexity index is 658. The minimum atomic E-state index is -0.0979. The molecule has 0 aliphatic rings. The highest BCUT2D eigenvalue weighted by Crippen LogP contribution is 2.24. The molecule has 0 aliphatic carbocycles. The number of anilines is 1. The normalized spacial score (nSPS) is 10.4. The van der Waals surface area contributed by atoms with Crippen molar-refractivity contribution in [3.05, 3.63) is 63.6 Å². The largest absolute Gasteiger partial charge is 0.398 e. The summed E-state index contributed by atoms with van der Waals surface area (Å²) >= 11 is 11.8. The molecule has 5 heteroatoms. The summed E-state index contributed by atoms with van der Waals surface area (Å²) in [7, 11) is 0. The molecule has 2 aromatic rings. The molecule has 2 rings (SSSR count). The number of halogens is 2. The Morgan fingerprint density at radius 1 is 1.14 bits per heavy atom. The van der Waals surface area contributed by atoms with Gasteiger partial charge in [0, 0.05) is 24.3 Å². The van der Waals surface area contributed by atoms with E-state index in [1.54, 1.807) is 23.1 Å². The van der Waals surface area contributed by atoms with Crippen molar-refractivity contribution in [3.63, 3.8) is 0 Å². The molecular weight excluding hydrogens is 307 g/mol. The van der Waals surface area contributed by atoms with Crippen molar-refractivity contribution < 1.29 is 4.79 Å². The second kappa shape index (κ2) is 6.83. The van der Waals surface area contributed by atoms with Crippen molar-refractivity contribution in [1.29, 1.82) is 0 Å². The Labute approximate surface area is 134 Å². The summed E-state index contributed by atoms with van der Waals surface area (Å²) in [4.78, 5) is 14.3. The summed E-state index contributed by atoms with van der Waals surface area (Å²) in [5, 5.41) is 0.807. The van der Waals surface area contributed by atoms with E-state index < -0.39 is 0 Å². The number of nitrogens with zero attached hydrogens (tertiary/aromatic N) is 1. The molecule has 110 valence electrons. The van der Waals surface area contributed by atoms with Crippen LogP contribution in [0, 0.1) is 0 Å². The predicted molar refractivity (Wildman–Crippen MR) is 87.7 cm³/mol. The van der Waals surface area contributed by atoms with Crippen LogP contribution in [0.2, 0.25) is 10.0 Å². The van der Waals surface area contributed by atoms with E-state index >= 15 is 0 Å². The van der Waals surface area contributed by atoms with Gasteiger partial charge >= 0.3 is 0 Å². The van der Waals surface area contributed by atoms with Gasteiger partial charge in [0.05, 0.1) is 10.0 Å². The molecule has 0 bridgehead atoms.